The summed E-state index contributed by atoms with van der Waals surface area (Å²) < 4.78 is 0. The zero-order valence-corrected chi connectivity index (χ0v) is 12.1. The summed E-state index contributed by atoms with van der Waals surface area (Å²) in [5.74, 6) is -1.14. The highest BCUT2D eigenvalue weighted by atomic mass is 32.1. The van der Waals surface area contributed by atoms with Gasteiger partial charge in [-0.2, -0.15) is 0 Å². The van der Waals surface area contributed by atoms with E-state index in [9.17, 15) is 9.59 Å². The van der Waals surface area contributed by atoms with Crippen molar-refractivity contribution < 1.29 is 14.7 Å². The van der Waals surface area contributed by atoms with Gasteiger partial charge in [-0.3, -0.25) is 0 Å². The van der Waals surface area contributed by atoms with Gasteiger partial charge in [-0.05, 0) is 12.8 Å². The normalized spacial score (nSPS) is 13.6. The molecule has 7 heteroatoms. The molecule has 1 aromatic heterocycles. The maximum atomic E-state index is 11.6. The average Bonchev–Trinajstić information content (AvgIpc) is 2.78. The van der Waals surface area contributed by atoms with Gasteiger partial charge in [-0.15, -0.1) is 11.3 Å². The van der Waals surface area contributed by atoms with Crippen molar-refractivity contribution in [2.24, 2.45) is 5.92 Å². The molecule has 0 spiro atoms. The van der Waals surface area contributed by atoms with Gasteiger partial charge >= 0.3 is 12.0 Å². The largest absolute Gasteiger partial charge is 0.480 e. The van der Waals surface area contributed by atoms with Gasteiger partial charge < -0.3 is 15.7 Å². The maximum Gasteiger partial charge on any atom is 0.326 e. The summed E-state index contributed by atoms with van der Waals surface area (Å²) >= 11 is 1.50. The van der Waals surface area contributed by atoms with Crippen LogP contribution in [-0.4, -0.2) is 28.1 Å². The molecule has 0 fully saturated rings. The standard InChI is InChI=1S/C12H19N3O3S/c1-4-7(2)10(11(16)17)15-12(18)14-6-9-13-5-8(3)19-9/h5,7,10H,4,6H2,1-3H3,(H,16,17)(H2,14,15,18)/t7?,10-/m0/s1. The Bertz CT molecular complexity index is 447. The molecule has 0 aliphatic rings. The Kier molecular flexibility index (Phi) is 5.75. The second-order valence-corrected chi connectivity index (χ2v) is 5.71. The van der Waals surface area contributed by atoms with Gasteiger partial charge in [0.15, 0.2) is 0 Å². The van der Waals surface area contributed by atoms with Crippen LogP contribution in [0.4, 0.5) is 4.79 Å². The lowest BCUT2D eigenvalue weighted by atomic mass is 9.99. The van der Waals surface area contributed by atoms with Gasteiger partial charge in [0.2, 0.25) is 0 Å². The number of aryl methyl sites for hydroxylation is 1. The fraction of sp³-hybridized carbons (Fsp3) is 0.583. The second kappa shape index (κ2) is 7.08. The Balaban J connectivity index is 2.46. The summed E-state index contributed by atoms with van der Waals surface area (Å²) in [5.41, 5.74) is 0. The summed E-state index contributed by atoms with van der Waals surface area (Å²) in [4.78, 5) is 27.9. The van der Waals surface area contributed by atoms with Crippen LogP contribution in [0.5, 0.6) is 0 Å². The lowest BCUT2D eigenvalue weighted by Gasteiger charge is -2.20. The molecule has 1 unspecified atom stereocenters. The van der Waals surface area contributed by atoms with Gasteiger partial charge in [-0.25, -0.2) is 14.6 Å². The SMILES string of the molecule is CCC(C)[C@H](NC(=O)NCc1ncc(C)s1)C(=O)O. The lowest BCUT2D eigenvalue weighted by molar-refractivity contribution is -0.140. The monoisotopic (exact) mass is 285 g/mol. The minimum absolute atomic E-state index is 0.120. The molecule has 19 heavy (non-hydrogen) atoms. The molecular formula is C12H19N3O3S. The van der Waals surface area contributed by atoms with Crippen molar-refractivity contribution >= 4 is 23.3 Å². The molecule has 0 aliphatic heterocycles. The zero-order valence-electron chi connectivity index (χ0n) is 11.3. The van der Waals surface area contributed by atoms with Crippen molar-refractivity contribution in [3.63, 3.8) is 0 Å². The van der Waals surface area contributed by atoms with Crippen molar-refractivity contribution in [3.8, 4) is 0 Å². The predicted molar refractivity (Wildman–Crippen MR) is 73.1 cm³/mol. The zero-order chi connectivity index (χ0) is 14.4. The van der Waals surface area contributed by atoms with E-state index in [-0.39, 0.29) is 5.92 Å². The first-order valence-corrected chi connectivity index (χ1v) is 6.94. The molecule has 0 bridgehead atoms. The number of nitrogens with one attached hydrogen (secondary N) is 2. The number of aliphatic carboxylic acids is 1. The number of carbonyl (C=O) groups excluding carboxylic acids is 1. The quantitative estimate of drug-likeness (QED) is 0.742. The number of aromatic nitrogens is 1. The maximum absolute atomic E-state index is 11.6. The van der Waals surface area contributed by atoms with Crippen LogP contribution in [0.1, 0.15) is 30.2 Å². The topological polar surface area (TPSA) is 91.3 Å². The average molecular weight is 285 g/mol. The molecular weight excluding hydrogens is 266 g/mol. The van der Waals surface area contributed by atoms with E-state index in [4.69, 9.17) is 5.11 Å². The smallest absolute Gasteiger partial charge is 0.326 e. The van der Waals surface area contributed by atoms with E-state index >= 15 is 0 Å². The Morgan fingerprint density at radius 2 is 2.21 bits per heavy atom. The Morgan fingerprint density at radius 1 is 1.53 bits per heavy atom. The highest BCUT2D eigenvalue weighted by Gasteiger charge is 2.25. The van der Waals surface area contributed by atoms with E-state index in [1.807, 2.05) is 13.8 Å². The first kappa shape index (κ1) is 15.4. The molecule has 1 aromatic rings. The lowest BCUT2D eigenvalue weighted by Crippen LogP contribution is -2.48. The number of urea groups is 1. The summed E-state index contributed by atoms with van der Waals surface area (Å²) in [6.07, 6.45) is 2.42. The highest BCUT2D eigenvalue weighted by molar-refractivity contribution is 7.11. The Labute approximate surface area is 116 Å². The van der Waals surface area contributed by atoms with Crippen molar-refractivity contribution in [2.75, 3.05) is 0 Å². The van der Waals surface area contributed by atoms with Crippen LogP contribution in [0.2, 0.25) is 0 Å². The number of nitrogens with zero attached hydrogens (tertiary/aromatic N) is 1. The van der Waals surface area contributed by atoms with E-state index in [0.29, 0.717) is 13.0 Å². The summed E-state index contributed by atoms with van der Waals surface area (Å²) in [6.45, 7) is 5.92. The summed E-state index contributed by atoms with van der Waals surface area (Å²) in [5, 5.41) is 14.9. The molecule has 0 aliphatic carbocycles. The number of amides is 2. The minimum atomic E-state index is -1.02. The van der Waals surface area contributed by atoms with E-state index in [0.717, 1.165) is 9.88 Å². The third-order valence-electron chi connectivity index (χ3n) is 2.83. The molecule has 2 atom stereocenters. The van der Waals surface area contributed by atoms with Crippen LogP contribution in [0, 0.1) is 12.8 Å². The van der Waals surface area contributed by atoms with Crippen molar-refractivity contribution in [1.29, 1.82) is 0 Å². The van der Waals surface area contributed by atoms with Crippen LogP contribution in [0.25, 0.3) is 0 Å². The predicted octanol–water partition coefficient (Wildman–Crippen LogP) is 1.75. The van der Waals surface area contributed by atoms with Gasteiger partial charge in [0.05, 0.1) is 6.54 Å². The van der Waals surface area contributed by atoms with Crippen LogP contribution in [0.3, 0.4) is 0 Å². The summed E-state index contributed by atoms with van der Waals surface area (Å²) in [6, 6.07) is -1.36. The van der Waals surface area contributed by atoms with E-state index in [2.05, 4.69) is 15.6 Å². The Morgan fingerprint density at radius 3 is 2.68 bits per heavy atom. The van der Waals surface area contributed by atoms with Gasteiger partial charge in [-0.1, -0.05) is 20.3 Å². The Hall–Kier alpha value is -1.63. The number of carboxylic acid groups (broad SMARTS) is 1. The molecule has 6 nitrogen and oxygen atoms in total. The molecule has 0 saturated carbocycles. The fourth-order valence-corrected chi connectivity index (χ4v) is 2.24. The van der Waals surface area contributed by atoms with Crippen LogP contribution in [-0.2, 0) is 11.3 Å². The molecule has 106 valence electrons. The molecule has 1 heterocycles. The van der Waals surface area contributed by atoms with Gasteiger partial charge in [0, 0.05) is 11.1 Å². The number of hydrogen-bond acceptors (Lipinski definition) is 4. The van der Waals surface area contributed by atoms with E-state index in [1.54, 1.807) is 13.1 Å². The van der Waals surface area contributed by atoms with Gasteiger partial charge in [0.25, 0.3) is 0 Å². The fourth-order valence-electron chi connectivity index (χ4n) is 1.51. The number of carbonyl (C=O) groups is 2. The molecule has 0 saturated heterocycles. The van der Waals surface area contributed by atoms with Gasteiger partial charge in [0.1, 0.15) is 11.0 Å². The first-order valence-electron chi connectivity index (χ1n) is 6.12. The molecule has 0 aromatic carbocycles. The van der Waals surface area contributed by atoms with Crippen molar-refractivity contribution in [1.82, 2.24) is 15.6 Å². The van der Waals surface area contributed by atoms with Crippen molar-refractivity contribution in [3.05, 3.63) is 16.1 Å². The van der Waals surface area contributed by atoms with Crippen molar-refractivity contribution in [2.45, 2.75) is 39.8 Å². The van der Waals surface area contributed by atoms with Crippen LogP contribution >= 0.6 is 11.3 Å². The second-order valence-electron chi connectivity index (χ2n) is 4.39. The molecule has 0 radical (unpaired) electrons. The number of hydrogen-bond donors (Lipinski definition) is 3. The van der Waals surface area contributed by atoms with Crippen LogP contribution < -0.4 is 10.6 Å². The first-order chi connectivity index (χ1) is 8.93. The molecule has 1 rings (SSSR count). The third-order valence-corrected chi connectivity index (χ3v) is 3.75. The van der Waals surface area contributed by atoms with E-state index < -0.39 is 18.0 Å². The molecule has 3 N–H and O–H groups in total. The number of rotatable bonds is 6. The number of thiazole rings is 1. The minimum Gasteiger partial charge on any atom is -0.480 e. The number of carboxylic acids is 1. The third kappa shape index (κ3) is 4.86. The molecule has 2 amide bonds. The highest BCUT2D eigenvalue weighted by Crippen LogP contribution is 2.11. The van der Waals surface area contributed by atoms with Crippen LogP contribution in [0.15, 0.2) is 6.20 Å². The van der Waals surface area contributed by atoms with E-state index in [1.165, 1.54) is 11.3 Å². The summed E-state index contributed by atoms with van der Waals surface area (Å²) in [7, 11) is 0.